The maximum Gasteiger partial charge on any atom is 0.408 e. The van der Waals surface area contributed by atoms with Gasteiger partial charge in [-0.1, -0.05) is 97.8 Å². The molecule has 1 aliphatic heterocycles. The maximum absolute atomic E-state index is 13.3. The first kappa shape index (κ1) is 22.2. The summed E-state index contributed by atoms with van der Waals surface area (Å²) in [5.74, 6) is 0.0445. The van der Waals surface area contributed by atoms with Gasteiger partial charge in [-0.2, -0.15) is 0 Å². The Balaban J connectivity index is 1.51. The van der Waals surface area contributed by atoms with Gasteiger partial charge < -0.3 is 9.84 Å². The van der Waals surface area contributed by atoms with Crippen LogP contribution >= 0.6 is 0 Å². The molecule has 2 fully saturated rings. The number of morpholine rings is 1. The van der Waals surface area contributed by atoms with Crippen LogP contribution in [-0.2, 0) is 16.0 Å². The molecule has 1 heterocycles. The Kier molecular flexibility index (Phi) is 6.35. The van der Waals surface area contributed by atoms with E-state index in [1.165, 1.54) is 36.1 Å². The van der Waals surface area contributed by atoms with Crippen molar-refractivity contribution in [1.29, 1.82) is 0 Å². The molecule has 0 radical (unpaired) electrons. The number of cyclic esters (lactones) is 1. The van der Waals surface area contributed by atoms with Crippen molar-refractivity contribution in [3.8, 4) is 0 Å². The number of amides is 1. The van der Waals surface area contributed by atoms with Gasteiger partial charge >= 0.3 is 12.1 Å². The highest BCUT2D eigenvalue weighted by atomic mass is 16.6. The molecule has 3 atom stereocenters. The van der Waals surface area contributed by atoms with E-state index < -0.39 is 30.3 Å². The van der Waals surface area contributed by atoms with E-state index in [9.17, 15) is 14.7 Å². The topological polar surface area (TPSA) is 66.8 Å². The van der Waals surface area contributed by atoms with Gasteiger partial charge in [0.25, 0.3) is 0 Å². The van der Waals surface area contributed by atoms with E-state index in [0.717, 1.165) is 16.7 Å². The minimum absolute atomic E-state index is 0.288. The minimum atomic E-state index is -1.12. The number of carbonyl (C=O) groups excluding carboxylic acids is 1. The second kappa shape index (κ2) is 9.72. The summed E-state index contributed by atoms with van der Waals surface area (Å²) >= 11 is 0. The van der Waals surface area contributed by atoms with Gasteiger partial charge in [-0.25, -0.2) is 9.59 Å². The van der Waals surface area contributed by atoms with Crippen LogP contribution in [0.5, 0.6) is 0 Å². The Morgan fingerprint density at radius 3 is 2.12 bits per heavy atom. The van der Waals surface area contributed by atoms with Crippen LogP contribution in [0.2, 0.25) is 0 Å². The fraction of sp³-hybridized carbons (Fsp3) is 0.310. The molecule has 0 bridgehead atoms. The molecule has 3 unspecified atom stereocenters. The summed E-state index contributed by atoms with van der Waals surface area (Å²) in [4.78, 5) is 27.3. The van der Waals surface area contributed by atoms with E-state index in [1.807, 2.05) is 72.8 Å². The van der Waals surface area contributed by atoms with Crippen molar-refractivity contribution >= 4 is 12.1 Å². The predicted octanol–water partition coefficient (Wildman–Crippen LogP) is 6.27. The van der Waals surface area contributed by atoms with Gasteiger partial charge in [-0.15, -0.1) is 0 Å². The normalized spacial score (nSPS) is 23.0. The minimum Gasteiger partial charge on any atom is -0.465 e. The number of hydrogen-bond donors (Lipinski definition) is 1. The van der Waals surface area contributed by atoms with E-state index in [1.54, 1.807) is 0 Å². The molecule has 1 saturated carbocycles. The molecule has 1 amide bonds. The van der Waals surface area contributed by atoms with Crippen LogP contribution in [0.15, 0.2) is 84.9 Å². The standard InChI is InChI=1S/C29H29NO4/c31-28-25(19-20-10-9-17-24(18-20)21-11-7-8-12-21)30(29(32)33)26(22-13-3-1-4-14-22)27(34-28)23-15-5-2-6-16-23/h1-6,9-10,13-18,21,25-27H,7-8,11-12,19H2,(H,32,33). The Bertz CT molecular complexity index is 1140. The van der Waals surface area contributed by atoms with Crippen molar-refractivity contribution in [2.45, 2.75) is 56.2 Å². The summed E-state index contributed by atoms with van der Waals surface area (Å²) < 4.78 is 5.99. The first-order valence-electron chi connectivity index (χ1n) is 12.0. The van der Waals surface area contributed by atoms with Gasteiger partial charge in [0.05, 0.1) is 0 Å². The Labute approximate surface area is 200 Å². The molecule has 5 nitrogen and oxygen atoms in total. The molecule has 5 heteroatoms. The first-order valence-corrected chi connectivity index (χ1v) is 12.0. The van der Waals surface area contributed by atoms with Crippen molar-refractivity contribution < 1.29 is 19.4 Å². The van der Waals surface area contributed by atoms with Crippen molar-refractivity contribution in [2.75, 3.05) is 0 Å². The third-order valence-corrected chi connectivity index (χ3v) is 7.13. The zero-order valence-corrected chi connectivity index (χ0v) is 19.0. The van der Waals surface area contributed by atoms with Gasteiger partial charge in [-0.3, -0.25) is 4.90 Å². The second-order valence-corrected chi connectivity index (χ2v) is 9.26. The number of carboxylic acid groups (broad SMARTS) is 1. The van der Waals surface area contributed by atoms with Gasteiger partial charge in [-0.05, 0) is 41.0 Å². The van der Waals surface area contributed by atoms with E-state index in [0.29, 0.717) is 5.92 Å². The van der Waals surface area contributed by atoms with E-state index in [2.05, 4.69) is 12.1 Å². The lowest BCUT2D eigenvalue weighted by molar-refractivity contribution is -0.172. The molecule has 1 N–H and O–H groups in total. The second-order valence-electron chi connectivity index (χ2n) is 9.26. The molecule has 34 heavy (non-hydrogen) atoms. The molecule has 5 rings (SSSR count). The van der Waals surface area contributed by atoms with Crippen molar-refractivity contribution in [2.24, 2.45) is 0 Å². The SMILES string of the molecule is O=C1OC(c2ccccc2)C(c2ccccc2)N(C(=O)O)C1Cc1cccc(C2CCCC2)c1. The number of hydrogen-bond acceptors (Lipinski definition) is 3. The monoisotopic (exact) mass is 455 g/mol. The van der Waals surface area contributed by atoms with Crippen LogP contribution < -0.4 is 0 Å². The lowest BCUT2D eigenvalue weighted by atomic mass is 9.89. The summed E-state index contributed by atoms with van der Waals surface area (Å²) in [5.41, 5.74) is 3.82. The number of esters is 1. The molecule has 2 aliphatic rings. The highest BCUT2D eigenvalue weighted by Crippen LogP contribution is 2.43. The summed E-state index contributed by atoms with van der Waals surface area (Å²) in [6.07, 6.45) is 3.32. The number of nitrogens with zero attached hydrogens (tertiary/aromatic N) is 1. The van der Waals surface area contributed by atoms with Crippen molar-refractivity contribution in [3.63, 3.8) is 0 Å². The quantitative estimate of drug-likeness (QED) is 0.460. The van der Waals surface area contributed by atoms with Crippen LogP contribution in [0.25, 0.3) is 0 Å². The summed E-state index contributed by atoms with van der Waals surface area (Å²) in [7, 11) is 0. The van der Waals surface area contributed by atoms with Crippen LogP contribution in [0.4, 0.5) is 4.79 Å². The average Bonchev–Trinajstić information content (AvgIpc) is 3.41. The lowest BCUT2D eigenvalue weighted by Crippen LogP contribution is -2.54. The number of benzene rings is 3. The van der Waals surface area contributed by atoms with Gasteiger partial charge in [0.1, 0.15) is 12.1 Å². The molecule has 0 spiro atoms. The van der Waals surface area contributed by atoms with Crippen molar-refractivity contribution in [1.82, 2.24) is 4.90 Å². The molecule has 1 aliphatic carbocycles. The van der Waals surface area contributed by atoms with Crippen LogP contribution in [0.3, 0.4) is 0 Å². The van der Waals surface area contributed by atoms with Gasteiger partial charge in [0.15, 0.2) is 6.10 Å². The van der Waals surface area contributed by atoms with E-state index in [4.69, 9.17) is 4.74 Å². The number of ether oxygens (including phenoxy) is 1. The fourth-order valence-electron chi connectivity index (χ4n) is 5.49. The predicted molar refractivity (Wildman–Crippen MR) is 129 cm³/mol. The highest BCUT2D eigenvalue weighted by molar-refractivity contribution is 5.83. The third-order valence-electron chi connectivity index (χ3n) is 7.13. The van der Waals surface area contributed by atoms with Crippen LogP contribution in [0.1, 0.15) is 66.0 Å². The number of rotatable bonds is 5. The molecule has 3 aromatic carbocycles. The van der Waals surface area contributed by atoms with Gasteiger partial charge in [0, 0.05) is 6.42 Å². The summed E-state index contributed by atoms with van der Waals surface area (Å²) in [6.45, 7) is 0. The maximum atomic E-state index is 13.3. The Morgan fingerprint density at radius 1 is 0.853 bits per heavy atom. The smallest absolute Gasteiger partial charge is 0.408 e. The highest BCUT2D eigenvalue weighted by Gasteiger charge is 2.47. The first-order chi connectivity index (χ1) is 16.6. The fourth-order valence-corrected chi connectivity index (χ4v) is 5.49. The number of carbonyl (C=O) groups is 2. The van der Waals surface area contributed by atoms with Gasteiger partial charge in [0.2, 0.25) is 0 Å². The molecule has 1 saturated heterocycles. The summed E-state index contributed by atoms with van der Waals surface area (Å²) in [6, 6.07) is 25.6. The molecular formula is C29H29NO4. The Morgan fingerprint density at radius 2 is 1.47 bits per heavy atom. The zero-order valence-electron chi connectivity index (χ0n) is 19.0. The lowest BCUT2D eigenvalue weighted by Gasteiger charge is -2.44. The van der Waals surface area contributed by atoms with Crippen LogP contribution in [-0.4, -0.2) is 28.1 Å². The molecule has 0 aromatic heterocycles. The molecule has 174 valence electrons. The summed E-state index contributed by atoms with van der Waals surface area (Å²) in [5, 5.41) is 10.3. The molecule has 3 aromatic rings. The van der Waals surface area contributed by atoms with E-state index in [-0.39, 0.29) is 6.42 Å². The van der Waals surface area contributed by atoms with E-state index >= 15 is 0 Å². The Hall–Kier alpha value is -3.60. The molecular weight excluding hydrogens is 426 g/mol. The van der Waals surface area contributed by atoms with Crippen molar-refractivity contribution in [3.05, 3.63) is 107 Å². The largest absolute Gasteiger partial charge is 0.465 e. The zero-order chi connectivity index (χ0) is 23.5. The van der Waals surface area contributed by atoms with Crippen LogP contribution in [0, 0.1) is 0 Å². The average molecular weight is 456 g/mol. The third kappa shape index (κ3) is 4.43.